The topological polar surface area (TPSA) is 142 Å². The molecule has 0 aliphatic carbocycles. The lowest BCUT2D eigenvalue weighted by atomic mass is 10.3. The van der Waals surface area contributed by atoms with Crippen LogP contribution in [0.3, 0.4) is 0 Å². The summed E-state index contributed by atoms with van der Waals surface area (Å²) in [7, 11) is -3.06. The monoisotopic (exact) mass is 676 g/mol. The highest BCUT2D eigenvalue weighted by Crippen LogP contribution is 2.51. The summed E-state index contributed by atoms with van der Waals surface area (Å²) in [4.78, 5) is 40.7. The Bertz CT molecular complexity index is 1910. The number of rotatable bonds is 6. The maximum absolute atomic E-state index is 13.7. The van der Waals surface area contributed by atoms with Crippen LogP contribution >= 0.6 is 7.05 Å². The molecule has 2 aromatic heterocycles. The maximum Gasteiger partial charge on any atom is 0.416 e. The third kappa shape index (κ3) is 7.19. The summed E-state index contributed by atoms with van der Waals surface area (Å²) in [5.41, 5.74) is -0.237. The SMILES string of the molecule is CCOC(=O)N1Cc2ncccc2OCCC=CCOc2nc(N=P(c3ccccc3)(c3ccccc3)c3ccccc3)c([N+](=O)[O-])c1n2. The molecule has 1 amide bonds. The predicted molar refractivity (Wildman–Crippen MR) is 188 cm³/mol. The Morgan fingerprint density at radius 1 is 0.898 bits per heavy atom. The van der Waals surface area contributed by atoms with E-state index in [1.807, 2.05) is 97.1 Å². The van der Waals surface area contributed by atoms with E-state index in [4.69, 9.17) is 19.0 Å². The van der Waals surface area contributed by atoms with E-state index in [2.05, 4.69) is 15.0 Å². The van der Waals surface area contributed by atoms with E-state index in [-0.39, 0.29) is 37.4 Å². The fraction of sp³-hybridized carbons (Fsp3) is 0.167. The highest BCUT2D eigenvalue weighted by Gasteiger charge is 2.37. The van der Waals surface area contributed by atoms with Crippen LogP contribution in [0.1, 0.15) is 19.0 Å². The van der Waals surface area contributed by atoms with E-state index in [1.54, 1.807) is 31.3 Å². The van der Waals surface area contributed by atoms with Crippen LogP contribution in [-0.2, 0) is 11.3 Å². The molecule has 5 aromatic rings. The Morgan fingerprint density at radius 2 is 1.53 bits per heavy atom. The van der Waals surface area contributed by atoms with Crippen LogP contribution < -0.4 is 30.3 Å². The van der Waals surface area contributed by atoms with Gasteiger partial charge in [0.15, 0.2) is 0 Å². The molecule has 1 aliphatic heterocycles. The van der Waals surface area contributed by atoms with Crippen LogP contribution in [0.25, 0.3) is 0 Å². The maximum atomic E-state index is 13.7. The van der Waals surface area contributed by atoms with E-state index in [0.717, 1.165) is 20.8 Å². The smallest absolute Gasteiger partial charge is 0.416 e. The van der Waals surface area contributed by atoms with Crippen molar-refractivity contribution in [1.82, 2.24) is 15.0 Å². The second-order valence-corrected chi connectivity index (χ2v) is 13.7. The number of carbonyl (C=O) groups excluding carboxylic acids is 1. The number of carbonyl (C=O) groups is 1. The van der Waals surface area contributed by atoms with Gasteiger partial charge in [0.2, 0.25) is 11.6 Å². The van der Waals surface area contributed by atoms with Gasteiger partial charge in [-0.05, 0) is 25.5 Å². The molecule has 0 radical (unpaired) electrons. The molecule has 0 unspecified atom stereocenters. The minimum absolute atomic E-state index is 0.00976. The fourth-order valence-corrected chi connectivity index (χ4v) is 8.86. The molecule has 3 heterocycles. The zero-order valence-corrected chi connectivity index (χ0v) is 27.6. The lowest BCUT2D eigenvalue weighted by Crippen LogP contribution is -2.33. The summed E-state index contributed by atoms with van der Waals surface area (Å²) < 4.78 is 22.6. The number of pyridine rings is 1. The highest BCUT2D eigenvalue weighted by atomic mass is 31.2. The quantitative estimate of drug-likeness (QED) is 0.0856. The Labute approximate surface area is 283 Å². The van der Waals surface area contributed by atoms with Crippen LogP contribution in [0.15, 0.2) is 126 Å². The molecule has 0 N–H and O–H groups in total. The Morgan fingerprint density at radius 3 is 2.12 bits per heavy atom. The van der Waals surface area contributed by atoms with Gasteiger partial charge in [-0.2, -0.15) is 9.97 Å². The number of hydrogen-bond acceptors (Lipinski definition) is 10. The summed E-state index contributed by atoms with van der Waals surface area (Å²) >= 11 is 0. The highest BCUT2D eigenvalue weighted by molar-refractivity contribution is 7.87. The number of benzene rings is 3. The molecule has 0 fully saturated rings. The van der Waals surface area contributed by atoms with Gasteiger partial charge in [0, 0.05) is 22.1 Å². The van der Waals surface area contributed by atoms with Gasteiger partial charge in [-0.25, -0.2) is 14.4 Å². The number of ether oxygens (including phenoxy) is 3. The average molecular weight is 677 g/mol. The summed E-state index contributed by atoms with van der Waals surface area (Å²) in [6.45, 7) is 1.80. The number of nitro groups is 1. The van der Waals surface area contributed by atoms with E-state index < -0.39 is 23.8 Å². The van der Waals surface area contributed by atoms with E-state index >= 15 is 0 Å². The number of aromatic nitrogens is 3. The van der Waals surface area contributed by atoms with Crippen molar-refractivity contribution in [3.05, 3.63) is 137 Å². The van der Waals surface area contributed by atoms with Crippen LogP contribution in [0.5, 0.6) is 11.8 Å². The van der Waals surface area contributed by atoms with Crippen molar-refractivity contribution < 1.29 is 23.9 Å². The molecule has 2 bridgehead atoms. The minimum atomic E-state index is -3.06. The number of fused-ring (bicyclic) bond motifs is 3. The zero-order chi connectivity index (χ0) is 34.1. The Hall–Kier alpha value is -5.87. The van der Waals surface area contributed by atoms with Gasteiger partial charge in [0.05, 0.1) is 31.7 Å². The van der Waals surface area contributed by atoms with Crippen LogP contribution in [0.4, 0.5) is 22.1 Å². The van der Waals surface area contributed by atoms with Crippen LogP contribution in [-0.4, -0.2) is 45.8 Å². The number of nitrogens with zero attached hydrogens (tertiary/aromatic N) is 6. The van der Waals surface area contributed by atoms with E-state index in [0.29, 0.717) is 24.5 Å². The second-order valence-electron chi connectivity index (χ2n) is 10.7. The van der Waals surface area contributed by atoms with Gasteiger partial charge in [0.25, 0.3) is 0 Å². The number of hydrogen-bond donors (Lipinski definition) is 0. The van der Waals surface area contributed by atoms with Crippen molar-refractivity contribution >= 4 is 46.4 Å². The van der Waals surface area contributed by atoms with Crippen molar-refractivity contribution in [1.29, 1.82) is 0 Å². The lowest BCUT2D eigenvalue weighted by molar-refractivity contribution is -0.383. The summed E-state index contributed by atoms with van der Waals surface area (Å²) in [5, 5.41) is 15.7. The largest absolute Gasteiger partial charge is 0.491 e. The van der Waals surface area contributed by atoms with Crippen LogP contribution in [0.2, 0.25) is 0 Å². The van der Waals surface area contributed by atoms with Crippen molar-refractivity contribution in [2.24, 2.45) is 4.74 Å². The molecule has 0 saturated heterocycles. The lowest BCUT2D eigenvalue weighted by Gasteiger charge is -2.27. The predicted octanol–water partition coefficient (Wildman–Crippen LogP) is 6.47. The summed E-state index contributed by atoms with van der Waals surface area (Å²) in [6, 6.07) is 32.1. The minimum Gasteiger partial charge on any atom is -0.491 e. The summed E-state index contributed by atoms with van der Waals surface area (Å²) in [6.07, 6.45) is 4.92. The summed E-state index contributed by atoms with van der Waals surface area (Å²) in [5.74, 6) is -0.183. The number of amides is 1. The molecule has 3 aromatic carbocycles. The molecule has 12 nitrogen and oxygen atoms in total. The van der Waals surface area contributed by atoms with Gasteiger partial charge in [-0.15, -0.1) is 0 Å². The molecule has 248 valence electrons. The third-order valence-electron chi connectivity index (χ3n) is 7.56. The van der Waals surface area contributed by atoms with Gasteiger partial charge in [-0.1, -0.05) is 103 Å². The first kappa shape index (κ1) is 33.0. The van der Waals surface area contributed by atoms with Crippen molar-refractivity contribution in [2.75, 3.05) is 24.7 Å². The molecule has 6 rings (SSSR count). The van der Waals surface area contributed by atoms with Crippen LogP contribution in [0, 0.1) is 10.1 Å². The molecule has 0 spiro atoms. The molecule has 49 heavy (non-hydrogen) atoms. The van der Waals surface area contributed by atoms with E-state index in [1.165, 1.54) is 0 Å². The number of anilines is 1. The van der Waals surface area contributed by atoms with E-state index in [9.17, 15) is 14.9 Å². The molecule has 0 saturated carbocycles. The average Bonchev–Trinajstić information content (AvgIpc) is 3.13. The zero-order valence-electron chi connectivity index (χ0n) is 26.7. The molecular formula is C36H33N6O6P. The van der Waals surface area contributed by atoms with Crippen molar-refractivity contribution in [3.63, 3.8) is 0 Å². The third-order valence-corrected chi connectivity index (χ3v) is 11.2. The normalized spacial score (nSPS) is 13.2. The first-order valence-corrected chi connectivity index (χ1v) is 17.4. The van der Waals surface area contributed by atoms with Crippen molar-refractivity contribution in [2.45, 2.75) is 19.9 Å². The Kier molecular flexibility index (Phi) is 10.4. The Balaban J connectivity index is 1.71. The fourth-order valence-electron chi connectivity index (χ4n) is 5.39. The van der Waals surface area contributed by atoms with Gasteiger partial charge in [0.1, 0.15) is 18.1 Å². The molecule has 1 aliphatic rings. The standard InChI is InChI=1S/C36H33N6O6P/c1-2-46-36(43)41-26-30-31(22-15-23-37-30)47-24-13-6-14-25-48-35-38-33(32(42(44)45)34(41)39-35)40-49(27-16-7-3-8-17-27,28-18-9-4-10-19-28)29-20-11-5-12-21-29/h3-12,14-23H,2,13,24-26H2,1H3. The first-order valence-electron chi connectivity index (χ1n) is 15.7. The molecule has 0 atom stereocenters. The second kappa shape index (κ2) is 15.4. The van der Waals surface area contributed by atoms with Gasteiger partial charge in [-0.3, -0.25) is 15.1 Å². The van der Waals surface area contributed by atoms with Crippen molar-refractivity contribution in [3.8, 4) is 11.8 Å². The first-order chi connectivity index (χ1) is 24.0. The molecule has 13 heteroatoms. The van der Waals surface area contributed by atoms with Gasteiger partial charge >= 0.3 is 17.8 Å². The van der Waals surface area contributed by atoms with Gasteiger partial charge < -0.3 is 14.2 Å². The molecular weight excluding hydrogens is 643 g/mol.